The lowest BCUT2D eigenvalue weighted by Gasteiger charge is -2.02. The molecule has 0 aliphatic heterocycles. The number of carbonyl (C=O) groups excluding carboxylic acids is 1. The topological polar surface area (TPSA) is 17.1 Å². The van der Waals surface area contributed by atoms with Crippen LogP contribution in [0.1, 0.15) is 10.4 Å². The molecule has 1 nitrogen and oxygen atoms in total. The highest BCUT2D eigenvalue weighted by atomic mass is 35.5. The van der Waals surface area contributed by atoms with Crippen molar-refractivity contribution in [2.75, 3.05) is 0 Å². The third-order valence-electron chi connectivity index (χ3n) is 1.41. The van der Waals surface area contributed by atoms with E-state index in [4.69, 9.17) is 11.6 Å². The summed E-state index contributed by atoms with van der Waals surface area (Å²) in [6.07, 6.45) is -3.24. The van der Waals surface area contributed by atoms with E-state index in [0.29, 0.717) is 0 Å². The van der Waals surface area contributed by atoms with Crippen molar-refractivity contribution in [2.45, 2.75) is 6.43 Å². The van der Waals surface area contributed by atoms with Gasteiger partial charge in [-0.2, -0.15) is 0 Å². The van der Waals surface area contributed by atoms with Gasteiger partial charge in [-0.25, -0.2) is 13.2 Å². The largest absolute Gasteiger partial charge is 0.300 e. The lowest BCUT2D eigenvalue weighted by molar-refractivity contribution is 0.0674. The number of Topliss-reactive ketones (excluding diaryl/α,β-unsaturated/α-hetero) is 1. The number of carbonyl (C=O) groups is 1. The van der Waals surface area contributed by atoms with Gasteiger partial charge in [0.1, 0.15) is 5.82 Å². The van der Waals surface area contributed by atoms with Crippen LogP contribution < -0.4 is 0 Å². The number of halogens is 4. The Labute approximate surface area is 77.1 Å². The van der Waals surface area contributed by atoms with Gasteiger partial charge in [-0.3, -0.25) is 4.79 Å². The zero-order chi connectivity index (χ0) is 10.0. The summed E-state index contributed by atoms with van der Waals surface area (Å²) >= 11 is 5.37. The summed E-state index contributed by atoms with van der Waals surface area (Å²) in [5.41, 5.74) is -0.751. The van der Waals surface area contributed by atoms with E-state index >= 15 is 0 Å². The molecule has 0 spiro atoms. The monoisotopic (exact) mass is 208 g/mol. The third-order valence-corrected chi connectivity index (χ3v) is 1.72. The second kappa shape index (κ2) is 3.79. The molecule has 0 radical (unpaired) electrons. The molecular weight excluding hydrogens is 205 g/mol. The maximum absolute atomic E-state index is 12.8. The molecule has 5 heteroatoms. The van der Waals surface area contributed by atoms with Crippen LogP contribution in [0.4, 0.5) is 13.2 Å². The summed E-state index contributed by atoms with van der Waals surface area (Å²) in [7, 11) is 0. The van der Waals surface area contributed by atoms with Crippen molar-refractivity contribution in [1.82, 2.24) is 0 Å². The van der Waals surface area contributed by atoms with Crippen LogP contribution in [0.3, 0.4) is 0 Å². The number of ketones is 1. The highest BCUT2D eigenvalue weighted by Gasteiger charge is 2.23. The predicted molar refractivity (Wildman–Crippen MR) is 41.7 cm³/mol. The quantitative estimate of drug-likeness (QED) is 0.683. The summed E-state index contributed by atoms with van der Waals surface area (Å²) in [6.45, 7) is 0. The van der Waals surface area contributed by atoms with Crippen molar-refractivity contribution in [3.63, 3.8) is 0 Å². The van der Waals surface area contributed by atoms with Gasteiger partial charge in [0.2, 0.25) is 5.78 Å². The smallest absolute Gasteiger partial charge is 0.288 e. The van der Waals surface area contributed by atoms with Crippen LogP contribution in [0, 0.1) is 5.82 Å². The minimum atomic E-state index is -3.24. The highest BCUT2D eigenvalue weighted by molar-refractivity contribution is 6.34. The Bertz CT molecular complexity index is 318. The second-order valence-electron chi connectivity index (χ2n) is 2.26. The number of alkyl halides is 2. The molecule has 1 rings (SSSR count). The molecule has 0 saturated carbocycles. The standard InChI is InChI=1S/C8H4ClF3O/c9-4-2-1-3-5(10)6(4)7(13)8(11)12/h1-3,8H. The Hall–Kier alpha value is -1.03. The summed E-state index contributed by atoms with van der Waals surface area (Å²) in [5.74, 6) is -2.62. The summed E-state index contributed by atoms with van der Waals surface area (Å²) in [6, 6.07) is 3.32. The molecule has 0 bridgehead atoms. The second-order valence-corrected chi connectivity index (χ2v) is 2.67. The number of rotatable bonds is 2. The van der Waals surface area contributed by atoms with Crippen molar-refractivity contribution >= 4 is 17.4 Å². The Morgan fingerprint density at radius 1 is 1.38 bits per heavy atom. The first-order valence-electron chi connectivity index (χ1n) is 3.30. The molecule has 1 aromatic rings. The first-order valence-corrected chi connectivity index (χ1v) is 3.68. The van der Waals surface area contributed by atoms with E-state index < -0.39 is 23.6 Å². The van der Waals surface area contributed by atoms with Crippen molar-refractivity contribution in [1.29, 1.82) is 0 Å². The lowest BCUT2D eigenvalue weighted by atomic mass is 10.1. The third kappa shape index (κ3) is 2.01. The van der Waals surface area contributed by atoms with Crippen LogP contribution in [-0.4, -0.2) is 12.2 Å². The van der Waals surface area contributed by atoms with E-state index in [1.807, 2.05) is 0 Å². The van der Waals surface area contributed by atoms with Crippen molar-refractivity contribution < 1.29 is 18.0 Å². The van der Waals surface area contributed by atoms with Gasteiger partial charge < -0.3 is 0 Å². The van der Waals surface area contributed by atoms with Gasteiger partial charge in [0, 0.05) is 0 Å². The van der Waals surface area contributed by atoms with Crippen LogP contribution in [-0.2, 0) is 0 Å². The Morgan fingerprint density at radius 3 is 2.46 bits per heavy atom. The van der Waals surface area contributed by atoms with Gasteiger partial charge in [0.15, 0.2) is 0 Å². The number of hydrogen-bond donors (Lipinski definition) is 0. The average Bonchev–Trinajstić information content (AvgIpc) is 2.03. The molecule has 0 aliphatic rings. The average molecular weight is 209 g/mol. The van der Waals surface area contributed by atoms with Gasteiger partial charge in [-0.1, -0.05) is 17.7 Å². The van der Waals surface area contributed by atoms with Crippen molar-refractivity contribution in [3.8, 4) is 0 Å². The van der Waals surface area contributed by atoms with Gasteiger partial charge >= 0.3 is 6.43 Å². The fraction of sp³-hybridized carbons (Fsp3) is 0.125. The fourth-order valence-electron chi connectivity index (χ4n) is 0.842. The molecule has 0 aromatic heterocycles. The van der Waals surface area contributed by atoms with E-state index in [1.54, 1.807) is 0 Å². The first kappa shape index (κ1) is 10.1. The van der Waals surface area contributed by atoms with E-state index in [1.165, 1.54) is 12.1 Å². The summed E-state index contributed by atoms with van der Waals surface area (Å²) < 4.78 is 36.6. The molecule has 13 heavy (non-hydrogen) atoms. The molecule has 1 aromatic carbocycles. The number of benzene rings is 1. The number of hydrogen-bond acceptors (Lipinski definition) is 1. The molecule has 0 amide bonds. The molecule has 0 aliphatic carbocycles. The zero-order valence-electron chi connectivity index (χ0n) is 6.23. The Balaban J connectivity index is 3.20. The SMILES string of the molecule is O=C(c1c(F)cccc1Cl)C(F)F. The molecule has 0 heterocycles. The Kier molecular flexibility index (Phi) is 2.93. The highest BCUT2D eigenvalue weighted by Crippen LogP contribution is 2.21. The van der Waals surface area contributed by atoms with Crippen LogP contribution >= 0.6 is 11.6 Å². The van der Waals surface area contributed by atoms with Gasteiger partial charge in [-0.15, -0.1) is 0 Å². The van der Waals surface area contributed by atoms with Crippen LogP contribution in [0.25, 0.3) is 0 Å². The van der Waals surface area contributed by atoms with E-state index in [-0.39, 0.29) is 5.02 Å². The maximum Gasteiger partial charge on any atom is 0.300 e. The van der Waals surface area contributed by atoms with Crippen molar-refractivity contribution in [2.24, 2.45) is 0 Å². The van der Waals surface area contributed by atoms with Gasteiger partial charge in [0.25, 0.3) is 0 Å². The molecule has 70 valence electrons. The molecular formula is C8H4ClF3O. The minimum absolute atomic E-state index is 0.301. The maximum atomic E-state index is 12.8. The van der Waals surface area contributed by atoms with Crippen LogP contribution in [0.2, 0.25) is 5.02 Å². The summed E-state index contributed by atoms with van der Waals surface area (Å²) in [5, 5.41) is -0.301. The van der Waals surface area contributed by atoms with Crippen molar-refractivity contribution in [3.05, 3.63) is 34.6 Å². The minimum Gasteiger partial charge on any atom is -0.288 e. The normalized spacial score (nSPS) is 10.5. The van der Waals surface area contributed by atoms with Gasteiger partial charge in [-0.05, 0) is 12.1 Å². The van der Waals surface area contributed by atoms with Crippen LogP contribution in [0.5, 0.6) is 0 Å². The fourth-order valence-corrected chi connectivity index (χ4v) is 1.10. The Morgan fingerprint density at radius 2 is 2.00 bits per heavy atom. The summed E-state index contributed by atoms with van der Waals surface area (Å²) in [4.78, 5) is 10.7. The molecule has 0 atom stereocenters. The van der Waals surface area contributed by atoms with Crippen LogP contribution in [0.15, 0.2) is 18.2 Å². The van der Waals surface area contributed by atoms with E-state index in [0.717, 1.165) is 6.07 Å². The molecule has 0 fully saturated rings. The lowest BCUT2D eigenvalue weighted by Crippen LogP contribution is -2.12. The zero-order valence-corrected chi connectivity index (χ0v) is 6.99. The molecule has 0 unspecified atom stereocenters. The molecule has 0 saturated heterocycles. The van der Waals surface area contributed by atoms with E-state index in [2.05, 4.69) is 0 Å². The predicted octanol–water partition coefficient (Wildman–Crippen LogP) is 2.93. The molecule has 0 N–H and O–H groups in total. The van der Waals surface area contributed by atoms with E-state index in [9.17, 15) is 18.0 Å². The first-order chi connectivity index (χ1) is 6.04. The van der Waals surface area contributed by atoms with Gasteiger partial charge in [0.05, 0.1) is 10.6 Å².